The zero-order chi connectivity index (χ0) is 23.3. The number of morpholine rings is 1. The Morgan fingerprint density at radius 3 is 2.67 bits per heavy atom. The second-order valence-corrected chi connectivity index (χ2v) is 8.56. The molecule has 1 aromatic carbocycles. The van der Waals surface area contributed by atoms with E-state index in [0.29, 0.717) is 59.7 Å². The van der Waals surface area contributed by atoms with Crippen molar-refractivity contribution in [3.8, 4) is 11.4 Å². The molecule has 0 atom stereocenters. The summed E-state index contributed by atoms with van der Waals surface area (Å²) < 4.78 is 17.2. The van der Waals surface area contributed by atoms with E-state index in [4.69, 9.17) is 21.1 Å². The predicted molar refractivity (Wildman–Crippen MR) is 125 cm³/mol. The fourth-order valence-corrected chi connectivity index (χ4v) is 4.58. The van der Waals surface area contributed by atoms with Crippen molar-refractivity contribution >= 4 is 28.5 Å². The minimum atomic E-state index is -0.384. The highest BCUT2D eigenvalue weighted by molar-refractivity contribution is 6.30. The molecule has 1 aliphatic heterocycles. The molecule has 4 aromatic rings. The molecule has 0 unspecified atom stereocenters. The van der Waals surface area contributed by atoms with Gasteiger partial charge in [0.15, 0.2) is 11.2 Å². The van der Waals surface area contributed by atoms with E-state index in [1.54, 1.807) is 36.8 Å². The maximum atomic E-state index is 13.5. The first-order valence-corrected chi connectivity index (χ1v) is 11.1. The second kappa shape index (κ2) is 8.36. The Hall–Kier alpha value is -3.08. The lowest BCUT2D eigenvalue weighted by molar-refractivity contribution is 0.0361. The molecule has 33 heavy (non-hydrogen) atoms. The van der Waals surface area contributed by atoms with Gasteiger partial charge in [0, 0.05) is 50.1 Å². The number of halogens is 1. The van der Waals surface area contributed by atoms with E-state index in [1.165, 1.54) is 9.13 Å². The van der Waals surface area contributed by atoms with Crippen LogP contribution in [-0.2, 0) is 18.3 Å². The first kappa shape index (κ1) is 21.7. The van der Waals surface area contributed by atoms with Gasteiger partial charge >= 0.3 is 5.69 Å². The van der Waals surface area contributed by atoms with E-state index >= 15 is 0 Å². The van der Waals surface area contributed by atoms with Crippen molar-refractivity contribution in [3.05, 3.63) is 56.0 Å². The van der Waals surface area contributed by atoms with Crippen molar-refractivity contribution < 1.29 is 9.47 Å². The minimum absolute atomic E-state index is 0.302. The molecule has 1 saturated heterocycles. The maximum Gasteiger partial charge on any atom is 0.332 e. The SMILES string of the molecule is COc1ccc(Cl)cc1-n1c(C)cn2c3c(=O)n(CCN4CCOCC4)c(=O)n(C)c3nc12. The molecule has 0 N–H and O–H groups in total. The van der Waals surface area contributed by atoms with Crippen LogP contribution in [0.2, 0.25) is 5.02 Å². The van der Waals surface area contributed by atoms with Gasteiger partial charge in [-0.1, -0.05) is 11.6 Å². The highest BCUT2D eigenvalue weighted by Crippen LogP contribution is 2.30. The van der Waals surface area contributed by atoms with Crippen LogP contribution in [0.25, 0.3) is 22.6 Å². The van der Waals surface area contributed by atoms with Gasteiger partial charge in [0.05, 0.1) is 26.0 Å². The van der Waals surface area contributed by atoms with E-state index in [-0.39, 0.29) is 11.2 Å². The number of fused-ring (bicyclic) bond motifs is 3. The predicted octanol–water partition coefficient (Wildman–Crippen LogP) is 1.44. The Morgan fingerprint density at radius 2 is 1.94 bits per heavy atom. The molecule has 10 nitrogen and oxygen atoms in total. The molecule has 174 valence electrons. The van der Waals surface area contributed by atoms with E-state index in [2.05, 4.69) is 9.88 Å². The van der Waals surface area contributed by atoms with Crippen LogP contribution >= 0.6 is 11.6 Å². The summed E-state index contributed by atoms with van der Waals surface area (Å²) >= 11 is 6.26. The van der Waals surface area contributed by atoms with Gasteiger partial charge < -0.3 is 9.47 Å². The standard InChI is InChI=1S/C22H25ClN6O4/c1-14-13-28-18-19(24-21(28)29(14)16-12-15(23)4-5-17(16)32-3)25(2)22(31)27(20(18)30)7-6-26-8-10-33-11-9-26/h4-5,12-13H,6-11H2,1-3H3. The van der Waals surface area contributed by atoms with Crippen molar-refractivity contribution in [1.82, 2.24) is 28.0 Å². The quantitative estimate of drug-likeness (QED) is 0.437. The summed E-state index contributed by atoms with van der Waals surface area (Å²) in [6.07, 6.45) is 1.84. The Kier molecular flexibility index (Phi) is 5.51. The summed E-state index contributed by atoms with van der Waals surface area (Å²) in [5.41, 5.74) is 1.49. The van der Waals surface area contributed by atoms with Crippen LogP contribution in [0.3, 0.4) is 0 Å². The first-order chi connectivity index (χ1) is 15.9. The number of nitrogens with zero attached hydrogens (tertiary/aromatic N) is 6. The van der Waals surface area contributed by atoms with Crippen LogP contribution in [0.15, 0.2) is 34.0 Å². The summed E-state index contributed by atoms with van der Waals surface area (Å²) in [4.78, 5) is 33.4. The van der Waals surface area contributed by atoms with Gasteiger partial charge in [-0.2, -0.15) is 4.98 Å². The number of ether oxygens (including phenoxy) is 2. The van der Waals surface area contributed by atoms with Crippen molar-refractivity contribution in [2.75, 3.05) is 40.0 Å². The molecule has 3 aromatic heterocycles. The second-order valence-electron chi connectivity index (χ2n) is 8.13. The molecular formula is C22H25ClN6O4. The van der Waals surface area contributed by atoms with E-state index < -0.39 is 0 Å². The zero-order valence-electron chi connectivity index (χ0n) is 18.7. The summed E-state index contributed by atoms with van der Waals surface area (Å²) in [6, 6.07) is 5.32. The molecule has 5 rings (SSSR count). The van der Waals surface area contributed by atoms with E-state index in [0.717, 1.165) is 18.8 Å². The van der Waals surface area contributed by atoms with Crippen LogP contribution < -0.4 is 16.0 Å². The third-order valence-corrected chi connectivity index (χ3v) is 6.39. The lowest BCUT2D eigenvalue weighted by Crippen LogP contribution is -2.44. The van der Waals surface area contributed by atoms with Gasteiger partial charge in [0.2, 0.25) is 5.78 Å². The first-order valence-electron chi connectivity index (χ1n) is 10.7. The lowest BCUT2D eigenvalue weighted by Gasteiger charge is -2.26. The molecule has 1 fully saturated rings. The molecule has 0 amide bonds. The average Bonchev–Trinajstić information content (AvgIpc) is 3.32. The molecule has 0 radical (unpaired) electrons. The molecule has 0 aliphatic carbocycles. The Morgan fingerprint density at radius 1 is 1.18 bits per heavy atom. The number of benzene rings is 1. The minimum Gasteiger partial charge on any atom is -0.495 e. The lowest BCUT2D eigenvalue weighted by atomic mass is 10.3. The largest absolute Gasteiger partial charge is 0.495 e. The van der Waals surface area contributed by atoms with Gasteiger partial charge in [-0.25, -0.2) is 4.79 Å². The fraction of sp³-hybridized carbons (Fsp3) is 0.409. The van der Waals surface area contributed by atoms with Crippen LogP contribution in [0.1, 0.15) is 5.69 Å². The summed E-state index contributed by atoms with van der Waals surface area (Å²) in [5.74, 6) is 1.12. The Balaban J connectivity index is 1.69. The molecule has 0 spiro atoms. The van der Waals surface area contributed by atoms with Crippen molar-refractivity contribution in [2.24, 2.45) is 7.05 Å². The molecule has 0 bridgehead atoms. The van der Waals surface area contributed by atoms with Crippen LogP contribution in [0, 0.1) is 6.92 Å². The highest BCUT2D eigenvalue weighted by atomic mass is 35.5. The smallest absolute Gasteiger partial charge is 0.332 e. The maximum absolute atomic E-state index is 13.5. The molecule has 4 heterocycles. The number of hydrogen-bond donors (Lipinski definition) is 0. The van der Waals surface area contributed by atoms with Crippen molar-refractivity contribution in [2.45, 2.75) is 13.5 Å². The van der Waals surface area contributed by atoms with E-state index in [1.807, 2.05) is 17.7 Å². The van der Waals surface area contributed by atoms with Crippen molar-refractivity contribution in [1.29, 1.82) is 0 Å². The van der Waals surface area contributed by atoms with Gasteiger partial charge in [0.1, 0.15) is 5.75 Å². The number of rotatable bonds is 5. The van der Waals surface area contributed by atoms with Gasteiger partial charge in [0.25, 0.3) is 5.56 Å². The Bertz CT molecular complexity index is 1470. The normalized spacial score (nSPS) is 15.0. The average molecular weight is 473 g/mol. The Labute approximate surface area is 194 Å². The van der Waals surface area contributed by atoms with Crippen LogP contribution in [0.5, 0.6) is 5.75 Å². The van der Waals surface area contributed by atoms with E-state index in [9.17, 15) is 9.59 Å². The summed E-state index contributed by atoms with van der Waals surface area (Å²) in [6.45, 7) is 5.72. The molecule has 0 saturated carbocycles. The number of methoxy groups -OCH3 is 1. The molecular weight excluding hydrogens is 448 g/mol. The molecule has 11 heteroatoms. The molecule has 1 aliphatic rings. The van der Waals surface area contributed by atoms with Crippen LogP contribution in [-0.4, -0.2) is 67.9 Å². The number of aromatic nitrogens is 5. The third kappa shape index (κ3) is 3.54. The third-order valence-electron chi connectivity index (χ3n) is 6.15. The van der Waals surface area contributed by atoms with Gasteiger partial charge in [-0.15, -0.1) is 0 Å². The summed E-state index contributed by atoms with van der Waals surface area (Å²) in [5, 5.41) is 0.547. The summed E-state index contributed by atoms with van der Waals surface area (Å²) in [7, 11) is 3.22. The highest BCUT2D eigenvalue weighted by Gasteiger charge is 2.22. The zero-order valence-corrected chi connectivity index (χ0v) is 19.5. The van der Waals surface area contributed by atoms with Crippen molar-refractivity contribution in [3.63, 3.8) is 0 Å². The van der Waals surface area contributed by atoms with Gasteiger partial charge in [-0.05, 0) is 25.1 Å². The number of hydrogen-bond acceptors (Lipinski definition) is 6. The monoisotopic (exact) mass is 472 g/mol. The number of aryl methyl sites for hydroxylation is 2. The van der Waals surface area contributed by atoms with Gasteiger partial charge in [-0.3, -0.25) is 27.8 Å². The fourth-order valence-electron chi connectivity index (χ4n) is 4.41. The van der Waals surface area contributed by atoms with Crippen LogP contribution in [0.4, 0.5) is 0 Å². The number of imidazole rings is 2. The topological polar surface area (TPSA) is 87.9 Å².